The maximum Gasteiger partial charge on any atom is 0.256 e. The van der Waals surface area contributed by atoms with E-state index < -0.39 is 20.1 Å². The Morgan fingerprint density at radius 1 is 1.11 bits per heavy atom. The number of anilines is 1. The van der Waals surface area contributed by atoms with Gasteiger partial charge >= 0.3 is 0 Å². The maximum absolute atomic E-state index is 12.7. The number of carbonyl (C=O) groups excluding carboxylic acids is 1. The van der Waals surface area contributed by atoms with Gasteiger partial charge in [-0.15, -0.1) is 0 Å². The van der Waals surface area contributed by atoms with Crippen molar-refractivity contribution in [1.82, 2.24) is 19.5 Å². The van der Waals surface area contributed by atoms with E-state index in [1.807, 2.05) is 19.9 Å². The number of hydrogen-bond acceptors (Lipinski definition) is 7. The second-order valence-corrected chi connectivity index (χ2v) is 15.4. The molecular weight excluding hydrogens is 474 g/mol. The molecule has 0 radical (unpaired) electrons. The van der Waals surface area contributed by atoms with Gasteiger partial charge in [-0.05, 0) is 43.1 Å². The number of aliphatic hydroxyl groups excluding tert-OH is 1. The van der Waals surface area contributed by atoms with Crippen LogP contribution in [-0.4, -0.2) is 57.7 Å². The highest BCUT2D eigenvalue weighted by Crippen LogP contribution is 2.38. The maximum atomic E-state index is 12.7. The molecule has 2 aromatic heterocycles. The molecule has 0 aliphatic rings. The van der Waals surface area contributed by atoms with Crippen LogP contribution in [0.4, 0.5) is 5.82 Å². The van der Waals surface area contributed by atoms with Crippen molar-refractivity contribution in [2.24, 2.45) is 0 Å². The molecule has 3 aromatic rings. The minimum absolute atomic E-state index is 0.0230. The number of imidazole rings is 1. The third kappa shape index (κ3) is 6.00. The van der Waals surface area contributed by atoms with Crippen molar-refractivity contribution in [2.45, 2.75) is 77.4 Å². The van der Waals surface area contributed by atoms with Gasteiger partial charge in [-0.25, -0.2) is 15.0 Å². The van der Waals surface area contributed by atoms with Crippen molar-refractivity contribution in [2.75, 3.05) is 18.5 Å². The van der Waals surface area contributed by atoms with Crippen LogP contribution in [0.15, 0.2) is 43.0 Å². The molecule has 0 saturated heterocycles. The molecule has 0 aliphatic carbocycles. The molecule has 36 heavy (non-hydrogen) atoms. The Morgan fingerprint density at radius 3 is 2.36 bits per heavy atom. The van der Waals surface area contributed by atoms with E-state index in [1.165, 1.54) is 6.33 Å². The number of rotatable bonds is 11. The fourth-order valence-electron chi connectivity index (χ4n) is 3.56. The summed E-state index contributed by atoms with van der Waals surface area (Å²) in [7, 11) is -2.09. The van der Waals surface area contributed by atoms with E-state index in [0.29, 0.717) is 35.4 Å². The molecule has 2 N–H and O–H groups in total. The zero-order valence-corrected chi connectivity index (χ0v) is 23.4. The summed E-state index contributed by atoms with van der Waals surface area (Å²) < 4.78 is 14.9. The lowest BCUT2D eigenvalue weighted by atomic mass is 9.98. The van der Waals surface area contributed by atoms with Crippen molar-refractivity contribution in [3.8, 4) is 0 Å². The minimum Gasteiger partial charge on any atom is -0.412 e. The second-order valence-electron chi connectivity index (χ2n) is 10.6. The number of aromatic nitrogens is 4. The lowest BCUT2D eigenvalue weighted by Crippen LogP contribution is -2.44. The molecule has 0 unspecified atom stereocenters. The number of amides is 1. The number of aliphatic hydroxyl groups is 1. The topological polar surface area (TPSA) is 111 Å². The standard InChI is InChI=1S/C26H39N5O4Si/c1-8-26(9-2,16-32)35-20(15-34-36(6,7)25(3,4)5)31-18-29-21-22(27-17-28-23(21)31)30-24(33)19-13-11-10-12-14-19/h10-14,17-18,20,32H,8-9,15-16H2,1-7H3,(H,27,28,30,33)/t20-/m1/s1. The predicted octanol–water partition coefficient (Wildman–Crippen LogP) is 5.17. The summed E-state index contributed by atoms with van der Waals surface area (Å²) in [5, 5.41) is 13.1. The van der Waals surface area contributed by atoms with Gasteiger partial charge < -0.3 is 19.6 Å². The van der Waals surface area contributed by atoms with Crippen LogP contribution in [0.25, 0.3) is 11.2 Å². The molecule has 0 spiro atoms. The van der Waals surface area contributed by atoms with E-state index in [1.54, 1.807) is 35.2 Å². The van der Waals surface area contributed by atoms with Crippen molar-refractivity contribution < 1.29 is 19.1 Å². The second kappa shape index (κ2) is 11.2. The van der Waals surface area contributed by atoms with Gasteiger partial charge in [0.15, 0.2) is 31.5 Å². The average Bonchev–Trinajstić information content (AvgIpc) is 3.30. The Bertz CT molecular complexity index is 1150. The fourth-order valence-corrected chi connectivity index (χ4v) is 4.55. The molecule has 9 nitrogen and oxygen atoms in total. The first-order valence-electron chi connectivity index (χ1n) is 12.4. The van der Waals surface area contributed by atoms with E-state index in [0.717, 1.165) is 0 Å². The number of nitrogens with one attached hydrogen (secondary N) is 1. The molecule has 0 saturated carbocycles. The van der Waals surface area contributed by atoms with Crippen LogP contribution in [0.1, 0.15) is 64.0 Å². The fraction of sp³-hybridized carbons (Fsp3) is 0.538. The van der Waals surface area contributed by atoms with Crippen molar-refractivity contribution in [1.29, 1.82) is 0 Å². The summed E-state index contributed by atoms with van der Waals surface area (Å²) >= 11 is 0. The molecule has 196 valence electrons. The van der Waals surface area contributed by atoms with Crippen LogP contribution in [-0.2, 0) is 9.16 Å². The van der Waals surface area contributed by atoms with Crippen molar-refractivity contribution in [3.63, 3.8) is 0 Å². The van der Waals surface area contributed by atoms with E-state index in [2.05, 4.69) is 54.1 Å². The third-order valence-electron chi connectivity index (χ3n) is 7.29. The Labute approximate surface area is 214 Å². The van der Waals surface area contributed by atoms with Gasteiger partial charge in [-0.1, -0.05) is 52.8 Å². The van der Waals surface area contributed by atoms with Gasteiger partial charge in [0.05, 0.1) is 25.1 Å². The van der Waals surface area contributed by atoms with Gasteiger partial charge in [0.2, 0.25) is 0 Å². The molecule has 10 heteroatoms. The molecule has 0 aliphatic heterocycles. The first-order chi connectivity index (χ1) is 17.0. The normalized spacial score (nSPS) is 13.7. The highest BCUT2D eigenvalue weighted by Gasteiger charge is 2.39. The number of carbonyl (C=O) groups is 1. The predicted molar refractivity (Wildman–Crippen MR) is 143 cm³/mol. The molecule has 3 rings (SSSR count). The largest absolute Gasteiger partial charge is 0.412 e. The number of fused-ring (bicyclic) bond motifs is 1. The van der Waals surface area contributed by atoms with Crippen LogP contribution in [0.5, 0.6) is 0 Å². The summed E-state index contributed by atoms with van der Waals surface area (Å²) in [6.07, 6.45) is 3.72. The van der Waals surface area contributed by atoms with E-state index in [4.69, 9.17) is 9.16 Å². The number of hydrogen-bond donors (Lipinski definition) is 2. The van der Waals surface area contributed by atoms with E-state index in [-0.39, 0.29) is 24.2 Å². The summed E-state index contributed by atoms with van der Waals surface area (Å²) in [5.41, 5.74) is 0.753. The monoisotopic (exact) mass is 513 g/mol. The molecule has 0 fully saturated rings. The quantitative estimate of drug-likeness (QED) is 0.340. The highest BCUT2D eigenvalue weighted by atomic mass is 28.4. The van der Waals surface area contributed by atoms with Crippen LogP contribution >= 0.6 is 0 Å². The van der Waals surface area contributed by atoms with Gasteiger partial charge in [0.1, 0.15) is 6.33 Å². The Hall–Kier alpha value is -2.66. The number of ether oxygens (including phenoxy) is 1. The lowest BCUT2D eigenvalue weighted by Gasteiger charge is -2.39. The van der Waals surface area contributed by atoms with Crippen molar-refractivity contribution >= 4 is 31.2 Å². The zero-order valence-electron chi connectivity index (χ0n) is 22.4. The number of nitrogens with zero attached hydrogens (tertiary/aromatic N) is 4. The molecule has 1 atom stereocenters. The smallest absolute Gasteiger partial charge is 0.256 e. The summed E-state index contributed by atoms with van der Waals surface area (Å²) in [4.78, 5) is 26.0. The first-order valence-corrected chi connectivity index (χ1v) is 15.3. The van der Waals surface area contributed by atoms with Crippen LogP contribution in [0, 0.1) is 0 Å². The molecular formula is C26H39N5O4Si. The highest BCUT2D eigenvalue weighted by molar-refractivity contribution is 6.74. The third-order valence-corrected chi connectivity index (χ3v) is 11.8. The van der Waals surface area contributed by atoms with Gasteiger partial charge in [0, 0.05) is 5.56 Å². The zero-order chi connectivity index (χ0) is 26.6. The van der Waals surface area contributed by atoms with Crippen LogP contribution < -0.4 is 5.32 Å². The lowest BCUT2D eigenvalue weighted by molar-refractivity contribution is -0.161. The molecule has 0 bridgehead atoms. The number of benzene rings is 1. The minimum atomic E-state index is -2.09. The summed E-state index contributed by atoms with van der Waals surface area (Å²) in [5.74, 6) is 0.0338. The average molecular weight is 514 g/mol. The summed E-state index contributed by atoms with van der Waals surface area (Å²) in [6, 6.07) is 8.93. The van der Waals surface area contributed by atoms with Crippen LogP contribution in [0.2, 0.25) is 18.1 Å². The molecule has 2 heterocycles. The van der Waals surface area contributed by atoms with Gasteiger partial charge in [0.25, 0.3) is 5.91 Å². The van der Waals surface area contributed by atoms with Gasteiger partial charge in [-0.3, -0.25) is 9.36 Å². The van der Waals surface area contributed by atoms with Gasteiger partial charge in [-0.2, -0.15) is 0 Å². The Balaban J connectivity index is 1.98. The first kappa shape index (κ1) is 27.9. The van der Waals surface area contributed by atoms with Crippen molar-refractivity contribution in [3.05, 3.63) is 48.5 Å². The van der Waals surface area contributed by atoms with E-state index in [9.17, 15) is 9.90 Å². The summed E-state index contributed by atoms with van der Waals surface area (Å²) in [6.45, 7) is 15.1. The Morgan fingerprint density at radius 2 is 1.78 bits per heavy atom. The van der Waals surface area contributed by atoms with Crippen LogP contribution in [0.3, 0.4) is 0 Å². The Kier molecular flexibility index (Phi) is 8.66. The molecule has 1 amide bonds. The SMILES string of the molecule is CCC(CC)(CO)O[C@H](CO[Si](C)(C)C(C)(C)C)n1cnc2c(NC(=O)c3ccccc3)ncnc21. The van der Waals surface area contributed by atoms with E-state index >= 15 is 0 Å². The molecule has 1 aromatic carbocycles.